The molecule has 1 rings (SSSR count). The highest BCUT2D eigenvalue weighted by atomic mass is 32.2. The molecule has 1 nitrogen and oxygen atoms in total. The summed E-state index contributed by atoms with van der Waals surface area (Å²) in [4.78, 5) is 1.21. The lowest BCUT2D eigenvalue weighted by Crippen LogP contribution is -2.08. The van der Waals surface area contributed by atoms with Gasteiger partial charge >= 0.3 is 0 Å². The molecule has 0 saturated carbocycles. The first kappa shape index (κ1) is 11.3. The van der Waals surface area contributed by atoms with Gasteiger partial charge in [0.1, 0.15) is 0 Å². The van der Waals surface area contributed by atoms with Crippen molar-refractivity contribution in [2.45, 2.75) is 23.8 Å². The van der Waals surface area contributed by atoms with E-state index in [4.69, 9.17) is 0 Å². The smallest absolute Gasteiger partial charge is 0.0637 e. The lowest BCUT2D eigenvalue weighted by molar-refractivity contribution is 0.190. The fourth-order valence-electron chi connectivity index (χ4n) is 1.10. The number of allylic oxidation sites excluding steroid dienone is 1. The van der Waals surface area contributed by atoms with E-state index in [1.54, 1.807) is 11.8 Å². The van der Waals surface area contributed by atoms with Gasteiger partial charge in [0, 0.05) is 10.6 Å². The van der Waals surface area contributed by atoms with Crippen molar-refractivity contribution in [3.05, 3.63) is 43.0 Å². The molecule has 14 heavy (non-hydrogen) atoms. The summed E-state index contributed by atoms with van der Waals surface area (Å²) in [5.74, 6) is 0.762. The number of aliphatic hydroxyl groups is 1. The van der Waals surface area contributed by atoms with Gasteiger partial charge in [-0.15, -0.1) is 18.3 Å². The van der Waals surface area contributed by atoms with E-state index >= 15 is 0 Å². The Labute approximate surface area is 89.8 Å². The van der Waals surface area contributed by atoms with Crippen molar-refractivity contribution in [3.8, 4) is 0 Å². The molecule has 0 aliphatic heterocycles. The summed E-state index contributed by atoms with van der Waals surface area (Å²) in [6.07, 6.45) is 3.31. The first-order valence-corrected chi connectivity index (χ1v) is 5.78. The maximum atomic E-state index is 9.57. The van der Waals surface area contributed by atoms with Crippen LogP contribution in [0.3, 0.4) is 0 Å². The van der Waals surface area contributed by atoms with E-state index in [0.717, 1.165) is 18.6 Å². The van der Waals surface area contributed by atoms with Gasteiger partial charge in [-0.1, -0.05) is 24.3 Å². The SMILES string of the molecule is C=CCCC(O)CSc1ccccc1. The lowest BCUT2D eigenvalue weighted by atomic mass is 10.2. The summed E-state index contributed by atoms with van der Waals surface area (Å²) >= 11 is 1.69. The molecule has 1 unspecified atom stereocenters. The Morgan fingerprint density at radius 3 is 2.71 bits per heavy atom. The third-order valence-corrected chi connectivity index (χ3v) is 3.05. The molecule has 0 spiro atoms. The van der Waals surface area contributed by atoms with Gasteiger partial charge in [0.25, 0.3) is 0 Å². The second kappa shape index (κ2) is 6.68. The van der Waals surface area contributed by atoms with Crippen molar-refractivity contribution in [1.82, 2.24) is 0 Å². The Balaban J connectivity index is 2.23. The first-order chi connectivity index (χ1) is 6.83. The number of hydrogen-bond donors (Lipinski definition) is 1. The summed E-state index contributed by atoms with van der Waals surface area (Å²) in [5.41, 5.74) is 0. The van der Waals surface area contributed by atoms with Crippen molar-refractivity contribution < 1.29 is 5.11 Å². The van der Waals surface area contributed by atoms with Crippen LogP contribution in [0.2, 0.25) is 0 Å². The van der Waals surface area contributed by atoms with E-state index in [0.29, 0.717) is 0 Å². The number of thioether (sulfide) groups is 1. The van der Waals surface area contributed by atoms with Crippen molar-refractivity contribution >= 4 is 11.8 Å². The van der Waals surface area contributed by atoms with Crippen LogP contribution in [0.5, 0.6) is 0 Å². The Morgan fingerprint density at radius 1 is 1.36 bits per heavy atom. The average Bonchev–Trinajstić information content (AvgIpc) is 2.25. The van der Waals surface area contributed by atoms with Crippen LogP contribution in [0.25, 0.3) is 0 Å². The third kappa shape index (κ3) is 4.49. The molecule has 76 valence electrons. The van der Waals surface area contributed by atoms with Gasteiger partial charge in [0.2, 0.25) is 0 Å². The van der Waals surface area contributed by atoms with Crippen LogP contribution in [-0.2, 0) is 0 Å². The van der Waals surface area contributed by atoms with E-state index in [1.807, 2.05) is 24.3 Å². The topological polar surface area (TPSA) is 20.2 Å². The van der Waals surface area contributed by atoms with E-state index in [-0.39, 0.29) is 6.10 Å². The highest BCUT2D eigenvalue weighted by Gasteiger charge is 2.03. The summed E-state index contributed by atoms with van der Waals surface area (Å²) in [5, 5.41) is 9.57. The Kier molecular flexibility index (Phi) is 5.42. The van der Waals surface area contributed by atoms with Crippen LogP contribution in [-0.4, -0.2) is 17.0 Å². The minimum absolute atomic E-state index is 0.224. The van der Waals surface area contributed by atoms with E-state index < -0.39 is 0 Å². The average molecular weight is 208 g/mol. The van der Waals surface area contributed by atoms with Gasteiger partial charge in [-0.05, 0) is 25.0 Å². The Hall–Kier alpha value is -0.730. The van der Waals surface area contributed by atoms with Gasteiger partial charge in [-0.25, -0.2) is 0 Å². The molecule has 0 aliphatic rings. The normalized spacial score (nSPS) is 12.4. The highest BCUT2D eigenvalue weighted by molar-refractivity contribution is 7.99. The zero-order valence-electron chi connectivity index (χ0n) is 8.23. The second-order valence-electron chi connectivity index (χ2n) is 3.14. The maximum absolute atomic E-state index is 9.57. The van der Waals surface area contributed by atoms with Crippen molar-refractivity contribution in [2.24, 2.45) is 0 Å². The largest absolute Gasteiger partial charge is 0.392 e. The van der Waals surface area contributed by atoms with Crippen LogP contribution in [0, 0.1) is 0 Å². The third-order valence-electron chi connectivity index (χ3n) is 1.89. The van der Waals surface area contributed by atoms with Gasteiger partial charge in [-0.3, -0.25) is 0 Å². The van der Waals surface area contributed by atoms with Crippen LogP contribution in [0.1, 0.15) is 12.8 Å². The first-order valence-electron chi connectivity index (χ1n) is 4.79. The predicted octanol–water partition coefficient (Wildman–Crippen LogP) is 3.11. The highest BCUT2D eigenvalue weighted by Crippen LogP contribution is 2.19. The molecule has 1 N–H and O–H groups in total. The molecule has 0 fully saturated rings. The van der Waals surface area contributed by atoms with Gasteiger partial charge in [-0.2, -0.15) is 0 Å². The summed E-state index contributed by atoms with van der Waals surface area (Å²) in [6.45, 7) is 3.63. The molecule has 0 saturated heterocycles. The fraction of sp³-hybridized carbons (Fsp3) is 0.333. The van der Waals surface area contributed by atoms with Crippen molar-refractivity contribution in [2.75, 3.05) is 5.75 Å². The monoisotopic (exact) mass is 208 g/mol. The maximum Gasteiger partial charge on any atom is 0.0637 e. The van der Waals surface area contributed by atoms with Gasteiger partial charge in [0.15, 0.2) is 0 Å². The minimum Gasteiger partial charge on any atom is -0.392 e. The molecule has 0 aliphatic carbocycles. The van der Waals surface area contributed by atoms with E-state index in [9.17, 15) is 5.11 Å². The van der Waals surface area contributed by atoms with Gasteiger partial charge in [0.05, 0.1) is 6.10 Å². The molecular weight excluding hydrogens is 192 g/mol. The Morgan fingerprint density at radius 2 is 2.07 bits per heavy atom. The number of rotatable bonds is 6. The molecule has 0 bridgehead atoms. The zero-order valence-corrected chi connectivity index (χ0v) is 9.04. The standard InChI is InChI=1S/C12H16OS/c1-2-3-7-11(13)10-14-12-8-5-4-6-9-12/h2,4-6,8-9,11,13H,1,3,7,10H2. The molecule has 2 heteroatoms. The van der Waals surface area contributed by atoms with Crippen LogP contribution in [0.4, 0.5) is 0 Å². The molecule has 0 heterocycles. The van der Waals surface area contributed by atoms with E-state index in [1.165, 1.54) is 4.90 Å². The van der Waals surface area contributed by atoms with Gasteiger partial charge < -0.3 is 5.11 Å². The van der Waals surface area contributed by atoms with Crippen LogP contribution in [0.15, 0.2) is 47.9 Å². The number of hydrogen-bond acceptors (Lipinski definition) is 2. The van der Waals surface area contributed by atoms with Crippen LogP contribution < -0.4 is 0 Å². The minimum atomic E-state index is -0.224. The summed E-state index contributed by atoms with van der Waals surface area (Å²) in [7, 11) is 0. The molecule has 1 aromatic carbocycles. The molecule has 0 amide bonds. The molecule has 1 atom stereocenters. The quantitative estimate of drug-likeness (QED) is 0.572. The fourth-order valence-corrected chi connectivity index (χ4v) is 2.00. The summed E-state index contributed by atoms with van der Waals surface area (Å²) < 4.78 is 0. The van der Waals surface area contributed by atoms with Crippen LogP contribution >= 0.6 is 11.8 Å². The van der Waals surface area contributed by atoms with Crippen molar-refractivity contribution in [3.63, 3.8) is 0 Å². The predicted molar refractivity (Wildman–Crippen MR) is 62.6 cm³/mol. The molecule has 0 radical (unpaired) electrons. The molecule has 0 aromatic heterocycles. The molecule has 1 aromatic rings. The zero-order chi connectivity index (χ0) is 10.2. The van der Waals surface area contributed by atoms with Crippen molar-refractivity contribution in [1.29, 1.82) is 0 Å². The van der Waals surface area contributed by atoms with E-state index in [2.05, 4.69) is 18.7 Å². The second-order valence-corrected chi connectivity index (χ2v) is 4.24. The number of benzene rings is 1. The molecular formula is C12H16OS. The number of aliphatic hydroxyl groups excluding tert-OH is 1. The summed E-state index contributed by atoms with van der Waals surface area (Å²) in [6, 6.07) is 10.1. The Bertz CT molecular complexity index is 258. The lowest BCUT2D eigenvalue weighted by Gasteiger charge is -2.08.